The van der Waals surface area contributed by atoms with E-state index in [0.29, 0.717) is 11.4 Å². The van der Waals surface area contributed by atoms with Gasteiger partial charge in [-0.3, -0.25) is 10.1 Å². The van der Waals surface area contributed by atoms with E-state index < -0.39 is 15.0 Å². The van der Waals surface area contributed by atoms with Gasteiger partial charge in [0.1, 0.15) is 10.6 Å². The Labute approximate surface area is 173 Å². The van der Waals surface area contributed by atoms with Crippen molar-refractivity contribution in [3.05, 3.63) is 82.9 Å². The van der Waals surface area contributed by atoms with Gasteiger partial charge in [0.25, 0.3) is 5.69 Å². The van der Waals surface area contributed by atoms with Gasteiger partial charge in [-0.2, -0.15) is 18.6 Å². The molecule has 3 aromatic carbocycles. The van der Waals surface area contributed by atoms with Gasteiger partial charge in [0.05, 0.1) is 16.3 Å². The van der Waals surface area contributed by atoms with E-state index in [0.717, 1.165) is 5.69 Å². The molecular weight excluding hydrogens is 408 g/mol. The Hall–Kier alpha value is -3.79. The van der Waals surface area contributed by atoms with Crippen molar-refractivity contribution in [2.75, 3.05) is 19.0 Å². The second kappa shape index (κ2) is 8.70. The molecule has 154 valence electrons. The monoisotopic (exact) mass is 426 g/mol. The normalized spacial score (nSPS) is 11.4. The zero-order chi connectivity index (χ0) is 21.7. The SMILES string of the molecule is CN(C)c1ccc(N=Nc2ccc(S(=O)(=O)Oc3ccc([N+](=O)[O-])cc3)cc2)cc1. The molecule has 0 atom stereocenters. The van der Waals surface area contributed by atoms with Crippen LogP contribution in [0.4, 0.5) is 22.7 Å². The minimum Gasteiger partial charge on any atom is -0.379 e. The largest absolute Gasteiger partial charge is 0.379 e. The van der Waals surface area contributed by atoms with Crippen molar-refractivity contribution in [2.45, 2.75) is 4.90 Å². The van der Waals surface area contributed by atoms with E-state index in [9.17, 15) is 18.5 Å². The molecule has 0 radical (unpaired) electrons. The summed E-state index contributed by atoms with van der Waals surface area (Å²) in [5.74, 6) is -0.0227. The van der Waals surface area contributed by atoms with Crippen LogP contribution in [0.25, 0.3) is 0 Å². The molecule has 3 rings (SSSR count). The highest BCUT2D eigenvalue weighted by atomic mass is 32.2. The average Bonchev–Trinajstić information content (AvgIpc) is 2.73. The molecule has 0 heterocycles. The number of nitrogens with zero attached hydrogens (tertiary/aromatic N) is 4. The van der Waals surface area contributed by atoms with Crippen LogP contribution < -0.4 is 9.08 Å². The first-order chi connectivity index (χ1) is 14.2. The third kappa shape index (κ3) is 5.17. The summed E-state index contributed by atoms with van der Waals surface area (Å²) in [5, 5.41) is 18.9. The molecule has 0 bridgehead atoms. The highest BCUT2D eigenvalue weighted by molar-refractivity contribution is 7.87. The molecule has 0 aliphatic rings. The molecule has 0 N–H and O–H groups in total. The topological polar surface area (TPSA) is 114 Å². The summed E-state index contributed by atoms with van der Waals surface area (Å²) in [6.45, 7) is 0. The van der Waals surface area contributed by atoms with Gasteiger partial charge in [0.2, 0.25) is 0 Å². The second-order valence-corrected chi connectivity index (χ2v) is 7.94. The van der Waals surface area contributed by atoms with Gasteiger partial charge in [-0.15, -0.1) is 0 Å². The van der Waals surface area contributed by atoms with Crippen molar-refractivity contribution >= 4 is 32.9 Å². The Morgan fingerprint density at radius 3 is 1.80 bits per heavy atom. The molecule has 0 fully saturated rings. The molecule has 0 amide bonds. The summed E-state index contributed by atoms with van der Waals surface area (Å²) >= 11 is 0. The fraction of sp³-hybridized carbons (Fsp3) is 0.100. The Balaban J connectivity index is 1.69. The van der Waals surface area contributed by atoms with Gasteiger partial charge in [-0.05, 0) is 60.7 Å². The number of nitro groups is 1. The van der Waals surface area contributed by atoms with Crippen molar-refractivity contribution in [1.29, 1.82) is 0 Å². The van der Waals surface area contributed by atoms with Crippen LogP contribution >= 0.6 is 0 Å². The number of benzene rings is 3. The van der Waals surface area contributed by atoms with E-state index in [-0.39, 0.29) is 16.3 Å². The van der Waals surface area contributed by atoms with Gasteiger partial charge < -0.3 is 9.08 Å². The second-order valence-electron chi connectivity index (χ2n) is 6.39. The number of azo groups is 1. The number of non-ortho nitro benzene ring substituents is 1. The van der Waals surface area contributed by atoms with Crippen LogP contribution in [0.1, 0.15) is 0 Å². The molecule has 3 aromatic rings. The highest BCUT2D eigenvalue weighted by Crippen LogP contribution is 2.25. The number of nitro benzene ring substituents is 1. The van der Waals surface area contributed by atoms with Crippen LogP contribution in [0.3, 0.4) is 0 Å². The predicted octanol–water partition coefficient (Wildman–Crippen LogP) is 4.84. The van der Waals surface area contributed by atoms with Crippen LogP contribution in [-0.2, 0) is 10.1 Å². The van der Waals surface area contributed by atoms with Crippen molar-refractivity contribution in [3.63, 3.8) is 0 Å². The van der Waals surface area contributed by atoms with Gasteiger partial charge in [-0.25, -0.2) is 0 Å². The van der Waals surface area contributed by atoms with E-state index in [1.165, 1.54) is 48.5 Å². The standard InChI is InChI=1S/C20H18N4O5S/c1-23(2)17-7-3-15(4-8-17)21-22-16-5-13-20(14-6-16)30(27,28)29-19-11-9-18(10-12-19)24(25)26/h3-14H,1-2H3. The maximum absolute atomic E-state index is 12.4. The van der Waals surface area contributed by atoms with Crippen LogP contribution in [0.2, 0.25) is 0 Å². The lowest BCUT2D eigenvalue weighted by Crippen LogP contribution is -2.09. The van der Waals surface area contributed by atoms with Gasteiger partial charge in [0.15, 0.2) is 0 Å². The summed E-state index contributed by atoms with van der Waals surface area (Å²) in [6, 6.07) is 18.0. The lowest BCUT2D eigenvalue weighted by Gasteiger charge is -2.11. The smallest absolute Gasteiger partial charge is 0.339 e. The summed E-state index contributed by atoms with van der Waals surface area (Å²) in [6.07, 6.45) is 0. The fourth-order valence-electron chi connectivity index (χ4n) is 2.41. The zero-order valence-corrected chi connectivity index (χ0v) is 17.0. The van der Waals surface area contributed by atoms with Gasteiger partial charge >= 0.3 is 10.1 Å². The van der Waals surface area contributed by atoms with E-state index >= 15 is 0 Å². The Morgan fingerprint density at radius 1 is 0.833 bits per heavy atom. The lowest BCUT2D eigenvalue weighted by molar-refractivity contribution is -0.384. The molecule has 30 heavy (non-hydrogen) atoms. The van der Waals surface area contributed by atoms with E-state index in [1.807, 2.05) is 43.3 Å². The third-order valence-electron chi connectivity index (χ3n) is 4.03. The van der Waals surface area contributed by atoms with Gasteiger partial charge in [-0.1, -0.05) is 0 Å². The molecule has 10 heteroatoms. The molecule has 0 spiro atoms. The summed E-state index contributed by atoms with van der Waals surface area (Å²) in [7, 11) is -0.206. The first-order valence-electron chi connectivity index (χ1n) is 8.73. The maximum atomic E-state index is 12.4. The van der Waals surface area contributed by atoms with Crippen LogP contribution in [0, 0.1) is 10.1 Å². The molecule has 0 unspecified atom stereocenters. The Kier molecular flexibility index (Phi) is 6.07. The lowest BCUT2D eigenvalue weighted by atomic mass is 10.3. The molecule has 0 aromatic heterocycles. The molecule has 0 saturated heterocycles. The first kappa shape index (κ1) is 20.9. The quantitative estimate of drug-likeness (QED) is 0.231. The predicted molar refractivity (Wildman–Crippen MR) is 112 cm³/mol. The summed E-state index contributed by atoms with van der Waals surface area (Å²) < 4.78 is 29.8. The number of anilines is 1. The Morgan fingerprint density at radius 2 is 1.33 bits per heavy atom. The summed E-state index contributed by atoms with van der Waals surface area (Å²) in [4.78, 5) is 12.0. The molecule has 9 nitrogen and oxygen atoms in total. The average molecular weight is 426 g/mol. The van der Waals surface area contributed by atoms with E-state index in [2.05, 4.69) is 10.2 Å². The van der Waals surface area contributed by atoms with Crippen LogP contribution in [-0.4, -0.2) is 27.4 Å². The minimum atomic E-state index is -4.09. The first-order valence-corrected chi connectivity index (χ1v) is 10.1. The minimum absolute atomic E-state index is 0.0227. The van der Waals surface area contributed by atoms with Crippen molar-refractivity contribution < 1.29 is 17.5 Å². The molecule has 0 saturated carbocycles. The zero-order valence-electron chi connectivity index (χ0n) is 16.2. The number of hydrogen-bond donors (Lipinski definition) is 0. The van der Waals surface area contributed by atoms with E-state index in [4.69, 9.17) is 4.18 Å². The van der Waals surface area contributed by atoms with E-state index in [1.54, 1.807) is 0 Å². The molecule has 0 aliphatic heterocycles. The number of rotatable bonds is 7. The van der Waals surface area contributed by atoms with Crippen LogP contribution in [0.5, 0.6) is 5.75 Å². The fourth-order valence-corrected chi connectivity index (χ4v) is 3.34. The van der Waals surface area contributed by atoms with Crippen molar-refractivity contribution in [3.8, 4) is 5.75 Å². The molecule has 0 aliphatic carbocycles. The van der Waals surface area contributed by atoms with Crippen molar-refractivity contribution in [2.24, 2.45) is 10.2 Å². The third-order valence-corrected chi connectivity index (χ3v) is 5.29. The summed E-state index contributed by atoms with van der Waals surface area (Å²) in [5.41, 5.74) is 2.02. The Bertz CT molecular complexity index is 1160. The molecular formula is C20H18N4O5S. The van der Waals surface area contributed by atoms with Gasteiger partial charge in [0, 0.05) is 31.9 Å². The number of hydrogen-bond acceptors (Lipinski definition) is 8. The van der Waals surface area contributed by atoms with Crippen LogP contribution in [0.15, 0.2) is 87.9 Å². The highest BCUT2D eigenvalue weighted by Gasteiger charge is 2.17. The van der Waals surface area contributed by atoms with Crippen molar-refractivity contribution in [1.82, 2.24) is 0 Å². The maximum Gasteiger partial charge on any atom is 0.339 e.